The predicted molar refractivity (Wildman–Crippen MR) is 120 cm³/mol. The van der Waals surface area contributed by atoms with Gasteiger partial charge in [0, 0.05) is 37.4 Å². The first-order chi connectivity index (χ1) is 14.6. The van der Waals surface area contributed by atoms with Crippen LogP contribution in [0.3, 0.4) is 0 Å². The number of hydrogen-bond acceptors (Lipinski definition) is 6. The molecule has 0 bridgehead atoms. The largest absolute Gasteiger partial charge is 0.395 e. The van der Waals surface area contributed by atoms with Crippen molar-refractivity contribution in [1.29, 1.82) is 0 Å². The van der Waals surface area contributed by atoms with Gasteiger partial charge in [-0.3, -0.25) is 9.48 Å². The molecule has 1 aliphatic rings. The van der Waals surface area contributed by atoms with E-state index in [1.165, 1.54) is 0 Å². The third kappa shape index (κ3) is 3.77. The van der Waals surface area contributed by atoms with Crippen molar-refractivity contribution in [1.82, 2.24) is 20.0 Å². The number of nitrogens with one attached hydrogen (secondary N) is 2. The third-order valence-electron chi connectivity index (χ3n) is 5.35. The third-order valence-corrected chi connectivity index (χ3v) is 5.35. The maximum absolute atomic E-state index is 11.9. The zero-order valence-corrected chi connectivity index (χ0v) is 17.4. The molecular formula is C22H28N6O2. The van der Waals surface area contributed by atoms with Crippen LogP contribution in [0.1, 0.15) is 0 Å². The van der Waals surface area contributed by atoms with Crippen LogP contribution in [0, 0.1) is 0 Å². The van der Waals surface area contributed by atoms with Crippen molar-refractivity contribution in [2.75, 3.05) is 57.1 Å². The number of nitrogens with zero attached hydrogens (tertiary/aromatic N) is 4. The second-order valence-electron chi connectivity index (χ2n) is 7.67. The molecule has 0 spiro atoms. The van der Waals surface area contributed by atoms with Crippen molar-refractivity contribution in [3.05, 3.63) is 36.4 Å². The van der Waals surface area contributed by atoms with Crippen LogP contribution in [0.2, 0.25) is 0 Å². The summed E-state index contributed by atoms with van der Waals surface area (Å²) < 4.78 is 2.05. The highest BCUT2D eigenvalue weighted by molar-refractivity contribution is 6.14. The zero-order chi connectivity index (χ0) is 21.1. The molecule has 8 heteroatoms. The number of amides is 1. The average Bonchev–Trinajstić information content (AvgIpc) is 3.13. The molecule has 3 N–H and O–H groups in total. The molecule has 0 unspecified atom stereocenters. The molecule has 158 valence electrons. The molecule has 1 amide bonds. The van der Waals surface area contributed by atoms with E-state index in [9.17, 15) is 4.79 Å². The Balaban J connectivity index is 1.79. The highest BCUT2D eigenvalue weighted by atomic mass is 16.3. The number of carbonyl (C=O) groups is 1. The lowest BCUT2D eigenvalue weighted by atomic mass is 9.99. The number of likely N-dealkylation sites (N-methyl/N-ethyl adjacent to an activating group) is 1. The number of aliphatic hydroxyl groups is 1. The van der Waals surface area contributed by atoms with Gasteiger partial charge in [-0.05, 0) is 32.3 Å². The van der Waals surface area contributed by atoms with E-state index >= 15 is 0 Å². The Morgan fingerprint density at radius 3 is 2.77 bits per heavy atom. The van der Waals surface area contributed by atoms with E-state index in [1.54, 1.807) is 4.90 Å². The van der Waals surface area contributed by atoms with E-state index in [0.717, 1.165) is 58.7 Å². The quantitative estimate of drug-likeness (QED) is 0.274. The van der Waals surface area contributed by atoms with E-state index in [-0.39, 0.29) is 6.61 Å². The summed E-state index contributed by atoms with van der Waals surface area (Å²) in [6.45, 7) is 3.36. The fourth-order valence-electron chi connectivity index (χ4n) is 3.85. The Kier molecular flexibility index (Phi) is 5.98. The van der Waals surface area contributed by atoms with E-state index in [0.29, 0.717) is 19.6 Å². The molecule has 0 saturated heterocycles. The fraction of sp³-hybridized carbons (Fsp3) is 0.364. The van der Waals surface area contributed by atoms with Crippen LogP contribution in [-0.2, 0) is 11.3 Å². The Bertz CT molecular complexity index is 1050. The Morgan fingerprint density at radius 2 is 2.00 bits per heavy atom. The molecule has 3 aromatic rings. The van der Waals surface area contributed by atoms with Crippen molar-refractivity contribution in [2.45, 2.75) is 6.54 Å². The predicted octanol–water partition coefficient (Wildman–Crippen LogP) is 1.87. The Hall–Kier alpha value is -2.94. The lowest BCUT2D eigenvalue weighted by Gasteiger charge is -2.25. The molecule has 1 aromatic heterocycles. The number of carbonyl (C=O) groups excluding carboxylic acids is 1. The smallest absolute Gasteiger partial charge is 0.214 e. The number of para-hydroxylation sites is 1. The van der Waals surface area contributed by atoms with Crippen molar-refractivity contribution >= 4 is 34.4 Å². The van der Waals surface area contributed by atoms with Gasteiger partial charge in [0.1, 0.15) is 5.69 Å². The summed E-state index contributed by atoms with van der Waals surface area (Å²) in [5.74, 6) is 0. The van der Waals surface area contributed by atoms with Gasteiger partial charge >= 0.3 is 0 Å². The summed E-state index contributed by atoms with van der Waals surface area (Å²) >= 11 is 0. The number of hydrogen-bond donors (Lipinski definition) is 3. The number of benzene rings is 2. The van der Waals surface area contributed by atoms with Crippen LogP contribution in [-0.4, -0.2) is 73.1 Å². The van der Waals surface area contributed by atoms with Gasteiger partial charge in [-0.25, -0.2) is 0 Å². The van der Waals surface area contributed by atoms with Crippen LogP contribution in [0.25, 0.3) is 22.2 Å². The topological polar surface area (TPSA) is 85.7 Å². The van der Waals surface area contributed by atoms with Gasteiger partial charge < -0.3 is 25.5 Å². The Labute approximate surface area is 176 Å². The van der Waals surface area contributed by atoms with E-state index in [2.05, 4.69) is 40.4 Å². The van der Waals surface area contributed by atoms with Crippen molar-refractivity contribution in [2.24, 2.45) is 0 Å². The van der Waals surface area contributed by atoms with Crippen LogP contribution in [0.4, 0.5) is 17.1 Å². The van der Waals surface area contributed by atoms with Gasteiger partial charge in [0.15, 0.2) is 0 Å². The van der Waals surface area contributed by atoms with Gasteiger partial charge in [-0.15, -0.1) is 0 Å². The standard InChI is InChI=1S/C22H28N6O2/c1-26(2)12-13-28-18-7-8-19(27(15-30)11-9-23-10-14-29)22-20(18)21(25-28)16-5-3-4-6-17(16)24-22/h3-8,15,23-24,29H,9-14H2,1-2H3. The molecule has 8 nitrogen and oxygen atoms in total. The first-order valence-corrected chi connectivity index (χ1v) is 10.2. The second-order valence-corrected chi connectivity index (χ2v) is 7.67. The lowest BCUT2D eigenvalue weighted by molar-refractivity contribution is -0.107. The maximum atomic E-state index is 11.9. The molecule has 2 heterocycles. The molecule has 0 aliphatic carbocycles. The van der Waals surface area contributed by atoms with E-state index < -0.39 is 0 Å². The Morgan fingerprint density at radius 1 is 1.17 bits per heavy atom. The van der Waals surface area contributed by atoms with Crippen LogP contribution in [0.15, 0.2) is 36.4 Å². The normalized spacial score (nSPS) is 12.1. The van der Waals surface area contributed by atoms with Crippen molar-refractivity contribution in [3.8, 4) is 11.3 Å². The molecular weight excluding hydrogens is 380 g/mol. The number of aromatic nitrogens is 2. The highest BCUT2D eigenvalue weighted by Gasteiger charge is 2.26. The van der Waals surface area contributed by atoms with Gasteiger partial charge in [-0.1, -0.05) is 18.2 Å². The molecule has 0 atom stereocenters. The number of aliphatic hydroxyl groups excluding tert-OH is 1. The highest BCUT2D eigenvalue weighted by Crippen LogP contribution is 2.47. The van der Waals surface area contributed by atoms with Gasteiger partial charge in [0.05, 0.1) is 35.4 Å². The first kappa shape index (κ1) is 20.3. The summed E-state index contributed by atoms with van der Waals surface area (Å²) in [7, 11) is 4.11. The van der Waals surface area contributed by atoms with Gasteiger partial charge in [0.2, 0.25) is 6.41 Å². The minimum absolute atomic E-state index is 0.0755. The summed E-state index contributed by atoms with van der Waals surface area (Å²) in [5.41, 5.74) is 5.78. The van der Waals surface area contributed by atoms with Crippen molar-refractivity contribution in [3.63, 3.8) is 0 Å². The average molecular weight is 409 g/mol. The van der Waals surface area contributed by atoms with Gasteiger partial charge in [0.25, 0.3) is 0 Å². The van der Waals surface area contributed by atoms with Crippen molar-refractivity contribution < 1.29 is 9.90 Å². The monoisotopic (exact) mass is 408 g/mol. The van der Waals surface area contributed by atoms with E-state index in [1.807, 2.05) is 30.3 Å². The zero-order valence-electron chi connectivity index (χ0n) is 17.4. The molecule has 30 heavy (non-hydrogen) atoms. The van der Waals surface area contributed by atoms with E-state index in [4.69, 9.17) is 10.2 Å². The fourth-order valence-corrected chi connectivity index (χ4v) is 3.85. The minimum Gasteiger partial charge on any atom is -0.395 e. The molecule has 2 aromatic carbocycles. The lowest BCUT2D eigenvalue weighted by Crippen LogP contribution is -2.32. The van der Waals surface area contributed by atoms with Crippen LogP contribution in [0.5, 0.6) is 0 Å². The number of fused-ring (bicyclic) bond motifs is 2. The first-order valence-electron chi connectivity index (χ1n) is 10.2. The van der Waals surface area contributed by atoms with Crippen LogP contribution < -0.4 is 15.5 Å². The SMILES string of the molecule is CN(C)CCn1nc2c3c(c(N(C=O)CCNCCO)ccc31)Nc1ccccc1-2. The van der Waals surface area contributed by atoms with Crippen LogP contribution >= 0.6 is 0 Å². The molecule has 0 saturated carbocycles. The molecule has 4 rings (SSSR count). The molecule has 0 radical (unpaired) electrons. The summed E-state index contributed by atoms with van der Waals surface area (Å²) in [5, 5.41) is 21.6. The van der Waals surface area contributed by atoms with Gasteiger partial charge in [-0.2, -0.15) is 5.10 Å². The summed E-state index contributed by atoms with van der Waals surface area (Å²) in [6, 6.07) is 12.2. The molecule has 0 fully saturated rings. The maximum Gasteiger partial charge on any atom is 0.214 e. The number of anilines is 3. The summed E-state index contributed by atoms with van der Waals surface area (Å²) in [6.07, 6.45) is 0.858. The number of rotatable bonds is 10. The minimum atomic E-state index is 0.0755. The second kappa shape index (κ2) is 8.83. The molecule has 1 aliphatic heterocycles. The summed E-state index contributed by atoms with van der Waals surface area (Å²) in [4.78, 5) is 15.7.